The molecule has 1 aliphatic heterocycles. The van der Waals surface area contributed by atoms with Crippen LogP contribution >= 0.6 is 0 Å². The van der Waals surface area contributed by atoms with Crippen molar-refractivity contribution < 1.29 is 4.74 Å². The number of nitrogens with zero attached hydrogens (tertiary/aromatic N) is 1. The normalized spacial score (nSPS) is 25.3. The molecule has 0 aromatic carbocycles. The molecule has 0 aromatic heterocycles. The number of piperidine rings is 1. The Bertz CT molecular complexity index is 287. The van der Waals surface area contributed by atoms with Crippen molar-refractivity contribution in [3.05, 3.63) is 0 Å². The van der Waals surface area contributed by atoms with Crippen molar-refractivity contribution in [1.82, 2.24) is 4.90 Å². The minimum Gasteiger partial charge on any atom is -0.365 e. The van der Waals surface area contributed by atoms with Gasteiger partial charge in [0, 0.05) is 25.6 Å². The van der Waals surface area contributed by atoms with Gasteiger partial charge in [0.1, 0.15) is 6.61 Å². The fourth-order valence-electron chi connectivity index (χ4n) is 2.53. The van der Waals surface area contributed by atoms with E-state index in [1.165, 1.54) is 19.6 Å². The first-order valence-electron chi connectivity index (χ1n) is 7.31. The molecule has 0 unspecified atom stereocenters. The lowest BCUT2D eigenvalue weighted by Gasteiger charge is -2.37. The average Bonchev–Trinajstić information content (AvgIpc) is 2.25. The Labute approximate surface area is 113 Å². The van der Waals surface area contributed by atoms with Gasteiger partial charge in [-0.05, 0) is 18.3 Å². The summed E-state index contributed by atoms with van der Waals surface area (Å²) >= 11 is 0. The molecule has 2 atom stereocenters. The van der Waals surface area contributed by atoms with Crippen LogP contribution in [0.1, 0.15) is 41.0 Å². The summed E-state index contributed by atoms with van der Waals surface area (Å²) in [5, 5.41) is 0. The number of ether oxygens (including phenoxy) is 1. The van der Waals surface area contributed by atoms with E-state index in [1.807, 2.05) is 0 Å². The third-order valence-electron chi connectivity index (χ3n) is 3.29. The van der Waals surface area contributed by atoms with E-state index in [0.717, 1.165) is 12.3 Å². The second-order valence-corrected chi connectivity index (χ2v) is 6.24. The molecule has 1 heterocycles. The summed E-state index contributed by atoms with van der Waals surface area (Å²) in [5.41, 5.74) is 0. The molecule has 18 heavy (non-hydrogen) atoms. The van der Waals surface area contributed by atoms with Crippen molar-refractivity contribution in [2.24, 2.45) is 17.8 Å². The highest BCUT2D eigenvalue weighted by Gasteiger charge is 2.26. The van der Waals surface area contributed by atoms with Gasteiger partial charge < -0.3 is 9.64 Å². The average molecular weight is 251 g/mol. The highest BCUT2D eigenvalue weighted by molar-refractivity contribution is 5.01. The topological polar surface area (TPSA) is 12.5 Å². The van der Waals surface area contributed by atoms with Crippen LogP contribution in [0, 0.1) is 29.6 Å². The third-order valence-corrected chi connectivity index (χ3v) is 3.29. The van der Waals surface area contributed by atoms with Gasteiger partial charge in [0.15, 0.2) is 0 Å². The van der Waals surface area contributed by atoms with Gasteiger partial charge in [0.2, 0.25) is 0 Å². The first kappa shape index (κ1) is 15.5. The van der Waals surface area contributed by atoms with Crippen molar-refractivity contribution in [2.75, 3.05) is 26.2 Å². The Balaban J connectivity index is 2.28. The lowest BCUT2D eigenvalue weighted by atomic mass is 9.96. The second-order valence-electron chi connectivity index (χ2n) is 6.24. The van der Waals surface area contributed by atoms with Crippen LogP contribution < -0.4 is 0 Å². The summed E-state index contributed by atoms with van der Waals surface area (Å²) in [4.78, 5) is 2.56. The number of hydrogen-bond acceptors (Lipinski definition) is 2. The molecule has 0 aromatic rings. The van der Waals surface area contributed by atoms with Crippen LogP contribution in [-0.4, -0.2) is 37.2 Å². The molecule has 0 amide bonds. The van der Waals surface area contributed by atoms with E-state index in [-0.39, 0.29) is 0 Å². The summed E-state index contributed by atoms with van der Waals surface area (Å²) < 4.78 is 5.90. The van der Waals surface area contributed by atoms with Crippen molar-refractivity contribution in [1.29, 1.82) is 0 Å². The van der Waals surface area contributed by atoms with E-state index in [2.05, 4.69) is 51.4 Å². The minimum atomic E-state index is 0.398. The molecule has 1 fully saturated rings. The molecule has 1 rings (SSSR count). The first-order chi connectivity index (χ1) is 8.49. The molecule has 1 aliphatic rings. The quantitative estimate of drug-likeness (QED) is 0.712. The number of likely N-dealkylation sites (tertiary alicyclic amines) is 1. The molecule has 0 bridgehead atoms. The maximum Gasteiger partial charge on any atom is 0.108 e. The predicted molar refractivity (Wildman–Crippen MR) is 77.4 cm³/mol. The monoisotopic (exact) mass is 251 g/mol. The fourth-order valence-corrected chi connectivity index (χ4v) is 2.53. The summed E-state index contributed by atoms with van der Waals surface area (Å²) in [5.74, 6) is 8.08. The van der Waals surface area contributed by atoms with E-state index < -0.39 is 0 Å². The Kier molecular flexibility index (Phi) is 6.75. The standard InChI is InChI=1S/C16H29NO/c1-13(2)7-6-10-18-16-8-9-17(11-14(3)4)12-15(16)5/h13-16H,8-12H2,1-5H3/t15-,16-/m1/s1. The second kappa shape index (κ2) is 7.81. The SMILES string of the molecule is CC(C)C#CCO[C@@H]1CCN(CC(C)C)C[C@H]1C. The number of rotatable bonds is 4. The third kappa shape index (κ3) is 5.89. The maximum atomic E-state index is 5.90. The van der Waals surface area contributed by atoms with Crippen LogP contribution in [0.15, 0.2) is 0 Å². The van der Waals surface area contributed by atoms with Crippen LogP contribution in [0.5, 0.6) is 0 Å². The molecular weight excluding hydrogens is 222 g/mol. The van der Waals surface area contributed by atoms with Crippen LogP contribution in [0.25, 0.3) is 0 Å². The van der Waals surface area contributed by atoms with Crippen LogP contribution in [0.4, 0.5) is 0 Å². The van der Waals surface area contributed by atoms with Gasteiger partial charge in [-0.3, -0.25) is 0 Å². The summed E-state index contributed by atoms with van der Waals surface area (Å²) in [6, 6.07) is 0. The van der Waals surface area contributed by atoms with Crippen LogP contribution in [0.2, 0.25) is 0 Å². The smallest absolute Gasteiger partial charge is 0.108 e. The van der Waals surface area contributed by atoms with E-state index >= 15 is 0 Å². The lowest BCUT2D eigenvalue weighted by molar-refractivity contribution is -0.0158. The Morgan fingerprint density at radius 3 is 2.56 bits per heavy atom. The highest BCUT2D eigenvalue weighted by atomic mass is 16.5. The molecule has 104 valence electrons. The lowest BCUT2D eigenvalue weighted by Crippen LogP contribution is -2.44. The van der Waals surface area contributed by atoms with Gasteiger partial charge in [-0.1, -0.05) is 46.5 Å². The minimum absolute atomic E-state index is 0.398. The Morgan fingerprint density at radius 2 is 2.00 bits per heavy atom. The highest BCUT2D eigenvalue weighted by Crippen LogP contribution is 2.20. The van der Waals surface area contributed by atoms with Crippen molar-refractivity contribution in [3.8, 4) is 11.8 Å². The summed E-state index contributed by atoms with van der Waals surface area (Å²) in [7, 11) is 0. The van der Waals surface area contributed by atoms with E-state index in [0.29, 0.717) is 24.5 Å². The van der Waals surface area contributed by atoms with E-state index in [1.54, 1.807) is 0 Å². The first-order valence-corrected chi connectivity index (χ1v) is 7.31. The summed E-state index contributed by atoms with van der Waals surface area (Å²) in [6.07, 6.45) is 1.55. The van der Waals surface area contributed by atoms with Gasteiger partial charge >= 0.3 is 0 Å². The van der Waals surface area contributed by atoms with Gasteiger partial charge in [-0.15, -0.1) is 0 Å². The molecule has 0 radical (unpaired) electrons. The van der Waals surface area contributed by atoms with Crippen molar-refractivity contribution >= 4 is 0 Å². The molecule has 1 saturated heterocycles. The van der Waals surface area contributed by atoms with E-state index in [9.17, 15) is 0 Å². The molecule has 2 heteroatoms. The van der Waals surface area contributed by atoms with Crippen LogP contribution in [-0.2, 0) is 4.74 Å². The van der Waals surface area contributed by atoms with Gasteiger partial charge in [-0.25, -0.2) is 0 Å². The van der Waals surface area contributed by atoms with Crippen molar-refractivity contribution in [2.45, 2.75) is 47.1 Å². The van der Waals surface area contributed by atoms with Crippen LogP contribution in [0.3, 0.4) is 0 Å². The largest absolute Gasteiger partial charge is 0.365 e. The predicted octanol–water partition coefficient (Wildman–Crippen LogP) is 3.03. The maximum absolute atomic E-state index is 5.90. The Hall–Kier alpha value is -0.520. The molecule has 0 N–H and O–H groups in total. The summed E-state index contributed by atoms with van der Waals surface area (Å²) in [6.45, 7) is 15.2. The molecule has 2 nitrogen and oxygen atoms in total. The van der Waals surface area contributed by atoms with Gasteiger partial charge in [0.25, 0.3) is 0 Å². The zero-order valence-corrected chi connectivity index (χ0v) is 12.7. The van der Waals surface area contributed by atoms with Crippen molar-refractivity contribution in [3.63, 3.8) is 0 Å². The van der Waals surface area contributed by atoms with Gasteiger partial charge in [-0.2, -0.15) is 0 Å². The number of hydrogen-bond donors (Lipinski definition) is 0. The Morgan fingerprint density at radius 1 is 1.28 bits per heavy atom. The molecule has 0 saturated carbocycles. The van der Waals surface area contributed by atoms with E-state index in [4.69, 9.17) is 4.74 Å². The molecular formula is C16H29NO. The molecule has 0 spiro atoms. The van der Waals surface area contributed by atoms with Gasteiger partial charge in [0.05, 0.1) is 6.10 Å². The zero-order chi connectivity index (χ0) is 13.5. The molecule has 0 aliphatic carbocycles. The fraction of sp³-hybridized carbons (Fsp3) is 0.875. The zero-order valence-electron chi connectivity index (χ0n) is 12.7.